The lowest BCUT2D eigenvalue weighted by atomic mass is 10.0. The van der Waals surface area contributed by atoms with E-state index in [0.717, 1.165) is 24.7 Å². The van der Waals surface area contributed by atoms with E-state index < -0.39 is 22.1 Å². The van der Waals surface area contributed by atoms with Crippen LogP contribution >= 0.6 is 0 Å². The SMILES string of the molecule is CNC(=O)c1c(-c2ccc(F)cc2)oc2cc(N(CCOCCOCCOc3ccccc3C(O)O)S(C)(=O)=O)c(C3CC3)cc12. The summed E-state index contributed by atoms with van der Waals surface area (Å²) >= 11 is 0. The maximum absolute atomic E-state index is 13.6. The van der Waals surface area contributed by atoms with Gasteiger partial charge < -0.3 is 34.2 Å². The van der Waals surface area contributed by atoms with Gasteiger partial charge in [-0.3, -0.25) is 9.10 Å². The minimum Gasteiger partial charge on any atom is -0.491 e. The molecule has 1 fully saturated rings. The van der Waals surface area contributed by atoms with E-state index in [1.165, 1.54) is 35.6 Å². The number of furan rings is 1. The second-order valence-corrected chi connectivity index (χ2v) is 12.8. The summed E-state index contributed by atoms with van der Waals surface area (Å²) in [6.45, 7) is 1.02. The smallest absolute Gasteiger partial charge is 0.255 e. The molecule has 1 heterocycles. The highest BCUT2D eigenvalue weighted by Gasteiger charge is 2.33. The number of nitrogens with one attached hydrogen (secondary N) is 1. The Balaban J connectivity index is 1.26. The molecule has 246 valence electrons. The first-order chi connectivity index (χ1) is 22.1. The van der Waals surface area contributed by atoms with E-state index in [1.807, 2.05) is 6.07 Å². The first kappa shape index (κ1) is 33.4. The van der Waals surface area contributed by atoms with Gasteiger partial charge in [0, 0.05) is 29.6 Å². The van der Waals surface area contributed by atoms with E-state index in [9.17, 15) is 27.8 Å². The third-order valence-corrected chi connectivity index (χ3v) is 8.76. The third kappa shape index (κ3) is 7.85. The van der Waals surface area contributed by atoms with Crippen LogP contribution in [0.4, 0.5) is 10.1 Å². The predicted molar refractivity (Wildman–Crippen MR) is 170 cm³/mol. The average molecular weight is 657 g/mol. The Morgan fingerprint density at radius 3 is 2.35 bits per heavy atom. The van der Waals surface area contributed by atoms with E-state index in [4.69, 9.17) is 18.6 Å². The van der Waals surface area contributed by atoms with Gasteiger partial charge in [-0.1, -0.05) is 18.2 Å². The molecule has 0 unspecified atom stereocenters. The van der Waals surface area contributed by atoms with Gasteiger partial charge in [-0.25, -0.2) is 12.8 Å². The van der Waals surface area contributed by atoms with Crippen LogP contribution in [0.1, 0.15) is 46.5 Å². The van der Waals surface area contributed by atoms with E-state index in [1.54, 1.807) is 30.3 Å². The Kier molecular flexibility index (Phi) is 10.6. The average Bonchev–Trinajstić information content (AvgIpc) is 3.81. The Bertz CT molecular complexity index is 1770. The van der Waals surface area contributed by atoms with E-state index in [0.29, 0.717) is 33.5 Å². The van der Waals surface area contributed by atoms with Crippen molar-refractivity contribution < 1.29 is 46.4 Å². The second-order valence-electron chi connectivity index (χ2n) is 10.9. The number of hydrogen-bond donors (Lipinski definition) is 3. The number of nitrogens with zero attached hydrogens (tertiary/aromatic N) is 1. The van der Waals surface area contributed by atoms with Crippen LogP contribution in [0, 0.1) is 5.82 Å². The lowest BCUT2D eigenvalue weighted by Gasteiger charge is -2.25. The van der Waals surface area contributed by atoms with Crippen LogP contribution in [0.15, 0.2) is 65.1 Å². The lowest BCUT2D eigenvalue weighted by Crippen LogP contribution is -2.34. The summed E-state index contributed by atoms with van der Waals surface area (Å²) < 4.78 is 63.9. The summed E-state index contributed by atoms with van der Waals surface area (Å²) in [6.07, 6.45) is 1.26. The standard InChI is InChI=1S/C33H37FN2O9S/c1-35-32(37)30-26-19-25(21-7-8-21)27(20-29(26)45-31(30)22-9-11-23(34)12-10-22)36(46(2,40)41)13-14-42-15-16-43-17-18-44-28-6-4-3-5-24(28)33(38)39/h3-6,9-12,19-21,33,38-39H,7-8,13-18H2,1-2H3,(H,35,37). The van der Waals surface area contributed by atoms with Crippen molar-refractivity contribution in [2.45, 2.75) is 25.0 Å². The summed E-state index contributed by atoms with van der Waals surface area (Å²) in [5.74, 6) is -0.0395. The molecule has 3 aromatic carbocycles. The van der Waals surface area contributed by atoms with Crippen LogP contribution < -0.4 is 14.4 Å². The normalized spacial score (nSPS) is 13.3. The van der Waals surface area contributed by atoms with Gasteiger partial charge in [0.05, 0.1) is 50.5 Å². The van der Waals surface area contributed by atoms with E-state index in [-0.39, 0.29) is 62.7 Å². The highest BCUT2D eigenvalue weighted by atomic mass is 32.2. The number of aliphatic hydroxyl groups is 2. The Morgan fingerprint density at radius 2 is 1.70 bits per heavy atom. The topological polar surface area (TPSA) is 148 Å². The van der Waals surface area contributed by atoms with Crippen LogP contribution in [0.2, 0.25) is 0 Å². The molecule has 1 aromatic heterocycles. The summed E-state index contributed by atoms with van der Waals surface area (Å²) in [5.41, 5.74) is 2.67. The van der Waals surface area contributed by atoms with Gasteiger partial charge in [-0.15, -0.1) is 0 Å². The van der Waals surface area contributed by atoms with Crippen LogP contribution in [-0.2, 0) is 19.5 Å². The Hall–Kier alpha value is -4.01. The number of aliphatic hydroxyl groups excluding tert-OH is 1. The van der Waals surface area contributed by atoms with Crippen LogP contribution in [0.5, 0.6) is 5.75 Å². The minimum absolute atomic E-state index is 0.0429. The summed E-state index contributed by atoms with van der Waals surface area (Å²) in [7, 11) is -2.22. The third-order valence-electron chi connectivity index (χ3n) is 7.58. The molecule has 1 saturated carbocycles. The number of ether oxygens (including phenoxy) is 3. The fourth-order valence-corrected chi connectivity index (χ4v) is 6.13. The van der Waals surface area contributed by atoms with Gasteiger partial charge in [0.1, 0.15) is 29.5 Å². The van der Waals surface area contributed by atoms with Crippen molar-refractivity contribution >= 4 is 32.6 Å². The fraction of sp³-hybridized carbons (Fsp3) is 0.364. The van der Waals surface area contributed by atoms with Crippen molar-refractivity contribution in [1.29, 1.82) is 0 Å². The molecule has 3 N–H and O–H groups in total. The zero-order chi connectivity index (χ0) is 32.8. The van der Waals surface area contributed by atoms with Crippen molar-refractivity contribution in [2.75, 3.05) is 57.2 Å². The molecule has 11 nitrogen and oxygen atoms in total. The number of anilines is 1. The molecule has 0 saturated heterocycles. The number of benzene rings is 3. The number of para-hydroxylation sites is 1. The van der Waals surface area contributed by atoms with Gasteiger partial charge in [0.25, 0.3) is 5.91 Å². The number of amides is 1. The van der Waals surface area contributed by atoms with Gasteiger partial charge >= 0.3 is 0 Å². The largest absolute Gasteiger partial charge is 0.491 e. The number of carbonyl (C=O) groups is 1. The summed E-state index contributed by atoms with van der Waals surface area (Å²) in [6, 6.07) is 15.7. The maximum atomic E-state index is 13.6. The lowest BCUT2D eigenvalue weighted by molar-refractivity contribution is -0.0446. The molecule has 4 aromatic rings. The summed E-state index contributed by atoms with van der Waals surface area (Å²) in [5, 5.41) is 22.1. The molecule has 46 heavy (non-hydrogen) atoms. The van der Waals surface area contributed by atoms with Crippen LogP contribution in [0.3, 0.4) is 0 Å². The first-order valence-corrected chi connectivity index (χ1v) is 16.7. The molecule has 0 radical (unpaired) electrons. The van der Waals surface area contributed by atoms with E-state index >= 15 is 0 Å². The van der Waals surface area contributed by atoms with Gasteiger partial charge in [0.15, 0.2) is 6.29 Å². The number of carbonyl (C=O) groups excluding carboxylic acids is 1. The van der Waals surface area contributed by atoms with Crippen molar-refractivity contribution in [2.24, 2.45) is 0 Å². The monoisotopic (exact) mass is 656 g/mol. The van der Waals surface area contributed by atoms with Gasteiger partial charge in [-0.05, 0) is 60.7 Å². The zero-order valence-electron chi connectivity index (χ0n) is 25.6. The Morgan fingerprint density at radius 1 is 1.02 bits per heavy atom. The van der Waals surface area contributed by atoms with Crippen molar-refractivity contribution in [3.63, 3.8) is 0 Å². The predicted octanol–water partition coefficient (Wildman–Crippen LogP) is 4.34. The minimum atomic E-state index is -3.73. The maximum Gasteiger partial charge on any atom is 0.255 e. The quantitative estimate of drug-likeness (QED) is 0.118. The van der Waals surface area contributed by atoms with Gasteiger partial charge in [-0.2, -0.15) is 0 Å². The number of sulfonamides is 1. The van der Waals surface area contributed by atoms with Crippen molar-refractivity contribution in [3.05, 3.63) is 83.2 Å². The van der Waals surface area contributed by atoms with E-state index in [2.05, 4.69) is 5.32 Å². The number of rotatable bonds is 16. The number of hydrogen-bond acceptors (Lipinski definition) is 9. The number of halogens is 1. The van der Waals surface area contributed by atoms with Crippen LogP contribution in [0.25, 0.3) is 22.3 Å². The highest BCUT2D eigenvalue weighted by molar-refractivity contribution is 7.92. The van der Waals surface area contributed by atoms with Crippen molar-refractivity contribution in [3.8, 4) is 17.1 Å². The molecule has 0 atom stereocenters. The zero-order valence-corrected chi connectivity index (χ0v) is 26.4. The molecule has 13 heteroatoms. The van der Waals surface area contributed by atoms with Crippen LogP contribution in [-0.4, -0.2) is 77.4 Å². The van der Waals surface area contributed by atoms with Crippen molar-refractivity contribution in [1.82, 2.24) is 5.32 Å². The molecular formula is C33H37FN2O9S. The number of fused-ring (bicyclic) bond motifs is 1. The second kappa shape index (κ2) is 14.6. The molecular weight excluding hydrogens is 619 g/mol. The molecule has 0 spiro atoms. The first-order valence-electron chi connectivity index (χ1n) is 14.9. The molecule has 0 aliphatic heterocycles. The Labute approximate surface area is 266 Å². The fourth-order valence-electron chi connectivity index (χ4n) is 5.21. The molecule has 1 aliphatic carbocycles. The molecule has 1 amide bonds. The molecule has 1 aliphatic rings. The molecule has 0 bridgehead atoms. The van der Waals surface area contributed by atoms with Gasteiger partial charge in [0.2, 0.25) is 10.0 Å². The summed E-state index contributed by atoms with van der Waals surface area (Å²) in [4.78, 5) is 13.0. The highest BCUT2D eigenvalue weighted by Crippen LogP contribution is 2.48. The molecule has 5 rings (SSSR count).